The van der Waals surface area contributed by atoms with Crippen LogP contribution in [0.2, 0.25) is 0 Å². The Balaban J connectivity index is 1.46. The Kier molecular flexibility index (Phi) is 8.55. The van der Waals surface area contributed by atoms with Crippen molar-refractivity contribution in [2.75, 3.05) is 33.9 Å². The molecule has 0 bridgehead atoms. The molecule has 0 amide bonds. The van der Waals surface area contributed by atoms with Crippen molar-refractivity contribution in [3.63, 3.8) is 0 Å². The number of unbranched alkanes of at least 4 members (excludes halogenated alkanes) is 1. The number of fused-ring (bicyclic) bond motifs is 1. The SMILES string of the molecule is CCCCc1noc2cccc(OCC(O)CNCCc3ccc(OC)c(OC)c3)c12. The molecule has 0 saturated carbocycles. The second-order valence-corrected chi connectivity index (χ2v) is 7.47. The maximum atomic E-state index is 10.3. The van der Waals surface area contributed by atoms with Gasteiger partial charge in [0.1, 0.15) is 18.5 Å². The van der Waals surface area contributed by atoms with Crippen LogP contribution in [0.15, 0.2) is 40.9 Å². The van der Waals surface area contributed by atoms with Gasteiger partial charge in [0.2, 0.25) is 0 Å². The van der Waals surface area contributed by atoms with Crippen molar-refractivity contribution in [1.29, 1.82) is 0 Å². The average molecular weight is 429 g/mol. The molecule has 0 spiro atoms. The van der Waals surface area contributed by atoms with Crippen molar-refractivity contribution in [3.8, 4) is 17.2 Å². The number of nitrogens with one attached hydrogen (secondary N) is 1. The lowest BCUT2D eigenvalue weighted by Crippen LogP contribution is -2.32. The third kappa shape index (κ3) is 6.12. The highest BCUT2D eigenvalue weighted by Gasteiger charge is 2.14. The van der Waals surface area contributed by atoms with E-state index in [2.05, 4.69) is 17.4 Å². The fourth-order valence-electron chi connectivity index (χ4n) is 3.44. The lowest BCUT2D eigenvalue weighted by atomic mass is 10.1. The van der Waals surface area contributed by atoms with Crippen molar-refractivity contribution in [1.82, 2.24) is 10.5 Å². The zero-order chi connectivity index (χ0) is 22.1. The van der Waals surface area contributed by atoms with Crippen LogP contribution in [0.1, 0.15) is 31.0 Å². The number of benzene rings is 2. The van der Waals surface area contributed by atoms with E-state index in [4.69, 9.17) is 18.7 Å². The summed E-state index contributed by atoms with van der Waals surface area (Å²) in [6.07, 6.45) is 3.17. The molecule has 31 heavy (non-hydrogen) atoms. The number of ether oxygens (including phenoxy) is 3. The van der Waals surface area contributed by atoms with Crippen LogP contribution in [0.4, 0.5) is 0 Å². The molecule has 168 valence electrons. The first kappa shape index (κ1) is 22.9. The number of aliphatic hydroxyl groups is 1. The fourth-order valence-corrected chi connectivity index (χ4v) is 3.44. The van der Waals surface area contributed by atoms with Crippen molar-refractivity contribution >= 4 is 11.0 Å². The molecule has 2 aromatic carbocycles. The Morgan fingerprint density at radius 2 is 1.90 bits per heavy atom. The highest BCUT2D eigenvalue weighted by atomic mass is 16.5. The third-order valence-corrected chi connectivity index (χ3v) is 5.15. The van der Waals surface area contributed by atoms with Gasteiger partial charge in [0.25, 0.3) is 0 Å². The highest BCUT2D eigenvalue weighted by molar-refractivity contribution is 5.86. The van der Waals surface area contributed by atoms with E-state index in [-0.39, 0.29) is 6.61 Å². The summed E-state index contributed by atoms with van der Waals surface area (Å²) in [7, 11) is 3.25. The van der Waals surface area contributed by atoms with Crippen LogP contribution in [0.25, 0.3) is 11.0 Å². The first-order chi connectivity index (χ1) is 15.2. The molecule has 7 heteroatoms. The molecule has 0 aliphatic heterocycles. The summed E-state index contributed by atoms with van der Waals surface area (Å²) < 4.78 is 21.9. The minimum absolute atomic E-state index is 0.195. The largest absolute Gasteiger partial charge is 0.493 e. The smallest absolute Gasteiger partial charge is 0.170 e. The molecule has 1 heterocycles. The van der Waals surface area contributed by atoms with Crippen LogP contribution < -0.4 is 19.5 Å². The summed E-state index contributed by atoms with van der Waals surface area (Å²) in [5.74, 6) is 2.14. The van der Waals surface area contributed by atoms with Gasteiger partial charge in [0.15, 0.2) is 17.1 Å². The number of nitrogens with zero attached hydrogens (tertiary/aromatic N) is 1. The maximum absolute atomic E-state index is 10.3. The van der Waals surface area contributed by atoms with E-state index in [0.717, 1.165) is 54.6 Å². The van der Waals surface area contributed by atoms with Gasteiger partial charge < -0.3 is 29.2 Å². The second kappa shape index (κ2) is 11.6. The summed E-state index contributed by atoms with van der Waals surface area (Å²) in [6.45, 7) is 3.51. The summed E-state index contributed by atoms with van der Waals surface area (Å²) in [5.41, 5.74) is 2.76. The molecule has 2 N–H and O–H groups in total. The minimum atomic E-state index is -0.625. The Hall–Kier alpha value is -2.77. The van der Waals surface area contributed by atoms with Crippen LogP contribution in [-0.2, 0) is 12.8 Å². The minimum Gasteiger partial charge on any atom is -0.493 e. The maximum Gasteiger partial charge on any atom is 0.170 e. The van der Waals surface area contributed by atoms with Crippen LogP contribution in [-0.4, -0.2) is 50.3 Å². The van der Waals surface area contributed by atoms with Gasteiger partial charge in [0.05, 0.1) is 25.3 Å². The Morgan fingerprint density at radius 1 is 1.06 bits per heavy atom. The molecular weight excluding hydrogens is 396 g/mol. The molecule has 1 aromatic heterocycles. The number of aryl methyl sites for hydroxylation is 1. The van der Waals surface area contributed by atoms with Gasteiger partial charge in [-0.2, -0.15) is 0 Å². The average Bonchev–Trinajstić information content (AvgIpc) is 3.22. The molecule has 3 aromatic rings. The molecule has 1 atom stereocenters. The highest BCUT2D eigenvalue weighted by Crippen LogP contribution is 2.30. The van der Waals surface area contributed by atoms with Gasteiger partial charge >= 0.3 is 0 Å². The molecule has 0 radical (unpaired) electrons. The molecule has 0 aliphatic carbocycles. The summed E-state index contributed by atoms with van der Waals surface area (Å²) in [6, 6.07) is 11.5. The summed E-state index contributed by atoms with van der Waals surface area (Å²) in [5, 5.41) is 18.7. The molecule has 1 unspecified atom stereocenters. The van der Waals surface area contributed by atoms with Gasteiger partial charge in [-0.05, 0) is 55.6 Å². The van der Waals surface area contributed by atoms with Crippen LogP contribution in [0.5, 0.6) is 17.2 Å². The van der Waals surface area contributed by atoms with E-state index in [1.165, 1.54) is 0 Å². The lowest BCUT2D eigenvalue weighted by molar-refractivity contribution is 0.107. The quantitative estimate of drug-likeness (QED) is 0.401. The predicted octanol–water partition coefficient (Wildman–Crippen LogP) is 3.76. The number of aliphatic hydroxyl groups excluding tert-OH is 1. The molecular formula is C24H32N2O5. The normalized spacial score (nSPS) is 12.1. The topological polar surface area (TPSA) is 86.0 Å². The molecule has 3 rings (SSSR count). The Morgan fingerprint density at radius 3 is 2.68 bits per heavy atom. The third-order valence-electron chi connectivity index (χ3n) is 5.15. The Labute approximate surface area is 183 Å². The number of methoxy groups -OCH3 is 2. The lowest BCUT2D eigenvalue weighted by Gasteiger charge is -2.14. The standard InChI is InChI=1S/C24H32N2O5/c1-4-5-7-19-24-21(8-6-9-22(24)31-26-19)30-16-18(27)15-25-13-12-17-10-11-20(28-2)23(14-17)29-3/h6,8-11,14,18,25,27H,4-5,7,12-13,15-16H2,1-3H3. The van der Waals surface area contributed by atoms with E-state index in [9.17, 15) is 5.11 Å². The van der Waals surface area contributed by atoms with Crippen molar-refractivity contribution < 1.29 is 23.8 Å². The first-order valence-corrected chi connectivity index (χ1v) is 10.8. The first-order valence-electron chi connectivity index (χ1n) is 10.8. The van der Waals surface area contributed by atoms with Crippen LogP contribution in [0, 0.1) is 0 Å². The molecule has 0 fully saturated rings. The summed E-state index contributed by atoms with van der Waals surface area (Å²) in [4.78, 5) is 0. The molecule has 0 saturated heterocycles. The number of aromatic nitrogens is 1. The van der Waals surface area contributed by atoms with E-state index in [1.54, 1.807) is 14.2 Å². The van der Waals surface area contributed by atoms with Gasteiger partial charge in [-0.1, -0.05) is 30.6 Å². The zero-order valence-electron chi connectivity index (χ0n) is 18.5. The number of rotatable bonds is 13. The van der Waals surface area contributed by atoms with Gasteiger partial charge in [-0.25, -0.2) is 0 Å². The monoisotopic (exact) mass is 428 g/mol. The van der Waals surface area contributed by atoms with E-state index in [0.29, 0.717) is 23.6 Å². The van der Waals surface area contributed by atoms with Crippen molar-refractivity contribution in [2.45, 2.75) is 38.7 Å². The van der Waals surface area contributed by atoms with E-state index >= 15 is 0 Å². The fraction of sp³-hybridized carbons (Fsp3) is 0.458. The number of hydrogen-bond donors (Lipinski definition) is 2. The van der Waals surface area contributed by atoms with E-state index in [1.807, 2.05) is 36.4 Å². The van der Waals surface area contributed by atoms with Crippen molar-refractivity contribution in [2.24, 2.45) is 0 Å². The van der Waals surface area contributed by atoms with Gasteiger partial charge in [-0.3, -0.25) is 0 Å². The van der Waals surface area contributed by atoms with Gasteiger partial charge in [-0.15, -0.1) is 0 Å². The second-order valence-electron chi connectivity index (χ2n) is 7.47. The molecule has 7 nitrogen and oxygen atoms in total. The van der Waals surface area contributed by atoms with Crippen molar-refractivity contribution in [3.05, 3.63) is 47.7 Å². The summed E-state index contributed by atoms with van der Waals surface area (Å²) >= 11 is 0. The Bertz CT molecular complexity index is 956. The van der Waals surface area contributed by atoms with Crippen LogP contribution >= 0.6 is 0 Å². The molecule has 0 aliphatic rings. The number of hydrogen-bond acceptors (Lipinski definition) is 7. The zero-order valence-corrected chi connectivity index (χ0v) is 18.5. The van der Waals surface area contributed by atoms with Gasteiger partial charge in [0, 0.05) is 6.54 Å². The van der Waals surface area contributed by atoms with E-state index < -0.39 is 6.10 Å². The predicted molar refractivity (Wildman–Crippen MR) is 120 cm³/mol. The van der Waals surface area contributed by atoms with Crippen LogP contribution in [0.3, 0.4) is 0 Å².